The zero-order valence-electron chi connectivity index (χ0n) is 32.2. The van der Waals surface area contributed by atoms with E-state index in [2.05, 4.69) is 40.7 Å². The molecule has 6 aliphatic rings. The molecule has 0 amide bonds. The van der Waals surface area contributed by atoms with Crippen molar-refractivity contribution in [3.8, 4) is 51.7 Å². The smallest absolute Gasteiger partial charge is 0.302 e. The maximum absolute atomic E-state index is 12.4. The van der Waals surface area contributed by atoms with Crippen LogP contribution in [-0.2, 0) is 27.8 Å². The van der Waals surface area contributed by atoms with Crippen LogP contribution in [-0.4, -0.2) is 55.3 Å². The first kappa shape index (κ1) is 36.5. The van der Waals surface area contributed by atoms with Crippen LogP contribution in [0.25, 0.3) is 11.1 Å². The van der Waals surface area contributed by atoms with E-state index in [1.807, 2.05) is 18.2 Å². The molecule has 3 aromatic rings. The number of aromatic hydroxyl groups is 2. The topological polar surface area (TPSA) is 145 Å². The van der Waals surface area contributed by atoms with Gasteiger partial charge in [0.1, 0.15) is 36.6 Å². The molecule has 9 rings (SSSR count). The Hall–Kier alpha value is -5.11. The summed E-state index contributed by atoms with van der Waals surface area (Å²) in [6.07, 6.45) is 12.8. The van der Waals surface area contributed by atoms with Crippen molar-refractivity contribution in [3.05, 3.63) is 87.6 Å². The van der Waals surface area contributed by atoms with Gasteiger partial charge in [0.15, 0.2) is 11.5 Å². The van der Waals surface area contributed by atoms with Crippen molar-refractivity contribution in [2.24, 2.45) is 11.7 Å². The molecular weight excluding hydrogens is 707 g/mol. The minimum Gasteiger partial charge on any atom is -0.508 e. The number of rotatable bonds is 8. The Kier molecular flexibility index (Phi) is 9.63. The van der Waals surface area contributed by atoms with Crippen LogP contribution in [0.2, 0.25) is 0 Å². The molecule has 2 saturated carbocycles. The molecule has 10 nitrogen and oxygen atoms in total. The lowest BCUT2D eigenvalue weighted by molar-refractivity contribution is -0.141. The van der Waals surface area contributed by atoms with Gasteiger partial charge in [-0.15, -0.1) is 0 Å². The Morgan fingerprint density at radius 3 is 2.77 bits per heavy atom. The van der Waals surface area contributed by atoms with Gasteiger partial charge in [0.05, 0.1) is 24.9 Å². The van der Waals surface area contributed by atoms with Crippen LogP contribution in [0.4, 0.5) is 0 Å². The fourth-order valence-corrected chi connectivity index (χ4v) is 10.5. The second-order valence-electron chi connectivity index (χ2n) is 16.5. The van der Waals surface area contributed by atoms with E-state index in [9.17, 15) is 15.0 Å². The average molecular weight is 758 g/mol. The van der Waals surface area contributed by atoms with Gasteiger partial charge in [-0.1, -0.05) is 37.0 Å². The number of carbonyl (C=O) groups excluding carboxylic acids is 1. The summed E-state index contributed by atoms with van der Waals surface area (Å²) >= 11 is 0. The zero-order chi connectivity index (χ0) is 38.6. The van der Waals surface area contributed by atoms with Gasteiger partial charge in [0, 0.05) is 59.7 Å². The monoisotopic (exact) mass is 757 g/mol. The first-order valence-corrected chi connectivity index (χ1v) is 20.2. The summed E-state index contributed by atoms with van der Waals surface area (Å²) in [7, 11) is 1.64. The van der Waals surface area contributed by atoms with Gasteiger partial charge in [-0.25, -0.2) is 0 Å². The van der Waals surface area contributed by atoms with Crippen molar-refractivity contribution in [1.29, 1.82) is 0 Å². The fraction of sp³-hybridized carbons (Fsp3) is 0.457. The Labute approximate surface area is 328 Å². The maximum atomic E-state index is 12.4. The van der Waals surface area contributed by atoms with Gasteiger partial charge >= 0.3 is 5.97 Å². The molecule has 5 atom stereocenters. The predicted octanol–water partition coefficient (Wildman–Crippen LogP) is 6.71. The van der Waals surface area contributed by atoms with Gasteiger partial charge in [-0.2, -0.15) is 0 Å². The highest BCUT2D eigenvalue weighted by atomic mass is 16.5. The molecule has 3 aromatic carbocycles. The highest BCUT2D eigenvalue weighted by Crippen LogP contribution is 2.62. The van der Waals surface area contributed by atoms with Crippen LogP contribution < -0.4 is 30.6 Å². The van der Waals surface area contributed by atoms with E-state index >= 15 is 0 Å². The van der Waals surface area contributed by atoms with Crippen molar-refractivity contribution in [3.63, 3.8) is 0 Å². The molecule has 292 valence electrons. The quantitative estimate of drug-likeness (QED) is 0.0956. The molecule has 10 heteroatoms. The summed E-state index contributed by atoms with van der Waals surface area (Å²) in [5.74, 6) is 8.51. The van der Waals surface area contributed by atoms with Gasteiger partial charge in [0.2, 0.25) is 0 Å². The van der Waals surface area contributed by atoms with E-state index in [4.69, 9.17) is 24.7 Å². The number of phenols is 2. The molecule has 0 saturated heterocycles. The van der Waals surface area contributed by atoms with Crippen LogP contribution in [0.15, 0.2) is 59.8 Å². The van der Waals surface area contributed by atoms with Crippen LogP contribution >= 0.6 is 0 Å². The van der Waals surface area contributed by atoms with Crippen LogP contribution in [0.1, 0.15) is 98.1 Å². The number of nitrogens with one attached hydrogen (secondary N) is 2. The third-order valence-electron chi connectivity index (χ3n) is 12.9. The fourth-order valence-electron chi connectivity index (χ4n) is 10.5. The third-order valence-corrected chi connectivity index (χ3v) is 12.9. The SMILES string of the molecule is COc1cc(O)cc2c1-c1ccc3c4c1C1(CCC(CC5=C(C#CCc6cc(O)c(OCCNC7CCCC7)cc6C(O4)C3COC(C)=O)NC(N)C=C5)C1)C2. The minimum absolute atomic E-state index is 0.0395. The van der Waals surface area contributed by atoms with Crippen LogP contribution in [0.5, 0.6) is 28.7 Å². The van der Waals surface area contributed by atoms with E-state index in [1.165, 1.54) is 32.6 Å². The molecule has 1 spiro atoms. The largest absolute Gasteiger partial charge is 0.508 e. The number of phenolic OH excluding ortho intramolecular Hbond substituents is 2. The molecule has 3 heterocycles. The van der Waals surface area contributed by atoms with E-state index in [-0.39, 0.29) is 41.6 Å². The second kappa shape index (κ2) is 14.8. The summed E-state index contributed by atoms with van der Waals surface area (Å²) in [5.41, 5.74) is 14.9. The normalized spacial score (nSPS) is 25.7. The first-order valence-electron chi connectivity index (χ1n) is 20.2. The zero-order valence-corrected chi connectivity index (χ0v) is 32.2. The Balaban J connectivity index is 1.21. The molecule has 2 fully saturated rings. The van der Waals surface area contributed by atoms with E-state index < -0.39 is 6.10 Å². The molecule has 6 N–H and O–H groups in total. The summed E-state index contributed by atoms with van der Waals surface area (Å²) in [6.45, 7) is 2.62. The molecule has 0 radical (unpaired) electrons. The standard InChI is InChI=1S/C46H51N3O7/c1-26(50)55-25-36-33-11-12-34-42-30(19-32(51)21-40(42)53-2)24-46-15-14-27(23-46)18-29-10-13-41(47)49-37(29)9-5-6-28-20-38(52)39(54-17-16-48-31-7-3-4-8-31)22-35(28)44(36)56-45(33)43(34)46/h10-13,19-22,27,31,36,41,44,48-49,51-52H,3-4,6-8,14-18,23-25,47H2,1-2H3. The molecule has 3 aliphatic heterocycles. The van der Waals surface area contributed by atoms with Crippen molar-refractivity contribution in [2.45, 2.75) is 101 Å². The van der Waals surface area contributed by atoms with Crippen molar-refractivity contribution in [1.82, 2.24) is 10.6 Å². The highest BCUT2D eigenvalue weighted by Gasteiger charge is 2.51. The predicted molar refractivity (Wildman–Crippen MR) is 213 cm³/mol. The van der Waals surface area contributed by atoms with Gasteiger partial charge < -0.3 is 45.5 Å². The molecule has 56 heavy (non-hydrogen) atoms. The van der Waals surface area contributed by atoms with Crippen molar-refractivity contribution >= 4 is 5.97 Å². The number of fused-ring (bicyclic) bond motifs is 6. The lowest BCUT2D eigenvalue weighted by Gasteiger charge is -2.39. The molecular formula is C46H51N3O7. The third kappa shape index (κ3) is 6.65. The Bertz CT molecular complexity index is 2190. The van der Waals surface area contributed by atoms with E-state index in [0.717, 1.165) is 88.1 Å². The number of methoxy groups -OCH3 is 1. The number of hydrogen-bond acceptors (Lipinski definition) is 10. The highest BCUT2D eigenvalue weighted by molar-refractivity contribution is 5.84. The Morgan fingerprint density at radius 1 is 1.09 bits per heavy atom. The molecule has 3 aliphatic carbocycles. The average Bonchev–Trinajstić information content (AvgIpc) is 3.93. The lowest BCUT2D eigenvalue weighted by atomic mass is 9.65. The summed E-state index contributed by atoms with van der Waals surface area (Å²) < 4.78 is 25.3. The van der Waals surface area contributed by atoms with Gasteiger partial charge in [0.25, 0.3) is 0 Å². The number of dihydropyridines is 1. The number of nitrogens with two attached hydrogens (primary N) is 1. The van der Waals surface area contributed by atoms with E-state index in [0.29, 0.717) is 43.0 Å². The first-order chi connectivity index (χ1) is 27.2. The van der Waals surface area contributed by atoms with Crippen molar-refractivity contribution in [2.75, 3.05) is 26.9 Å². The molecule has 5 unspecified atom stereocenters. The van der Waals surface area contributed by atoms with Crippen LogP contribution in [0, 0.1) is 17.8 Å². The molecule has 0 aromatic heterocycles. The number of benzene rings is 3. The Morgan fingerprint density at radius 2 is 1.95 bits per heavy atom. The van der Waals surface area contributed by atoms with Crippen molar-refractivity contribution < 1.29 is 34.0 Å². The number of ether oxygens (including phenoxy) is 4. The number of esters is 1. The van der Waals surface area contributed by atoms with Crippen LogP contribution in [0.3, 0.4) is 0 Å². The number of hydrogen-bond donors (Lipinski definition) is 5. The minimum atomic E-state index is -0.561. The second-order valence-corrected chi connectivity index (χ2v) is 16.5. The summed E-state index contributed by atoms with van der Waals surface area (Å²) in [4.78, 5) is 12.4. The maximum Gasteiger partial charge on any atom is 0.302 e. The number of carbonyl (C=O) groups is 1. The lowest BCUT2D eigenvalue weighted by Crippen LogP contribution is -2.37. The number of allylic oxidation sites excluding steroid dienone is 3. The van der Waals surface area contributed by atoms with E-state index in [1.54, 1.807) is 19.2 Å². The molecule has 4 bridgehead atoms. The summed E-state index contributed by atoms with van der Waals surface area (Å²) in [5, 5.41) is 29.3. The van der Waals surface area contributed by atoms with Gasteiger partial charge in [-0.3, -0.25) is 4.79 Å². The van der Waals surface area contributed by atoms with Gasteiger partial charge in [-0.05, 0) is 103 Å². The summed E-state index contributed by atoms with van der Waals surface area (Å²) in [6, 6.07) is 12.0.